The topological polar surface area (TPSA) is 93.2 Å². The number of hydrogen-bond donors (Lipinski definition) is 3. The van der Waals surface area contributed by atoms with Gasteiger partial charge < -0.3 is 20.7 Å². The summed E-state index contributed by atoms with van der Waals surface area (Å²) in [6, 6.07) is 5.37. The number of benzene rings is 1. The highest BCUT2D eigenvalue weighted by Crippen LogP contribution is 2.22. The number of aliphatic hydroxyl groups is 1. The van der Waals surface area contributed by atoms with Crippen LogP contribution in [0.3, 0.4) is 0 Å². The molecule has 0 saturated heterocycles. The Bertz CT molecular complexity index is 631. The van der Waals surface area contributed by atoms with Gasteiger partial charge in [0.05, 0.1) is 11.0 Å². The zero-order valence-corrected chi connectivity index (χ0v) is 11.9. The molecule has 0 fully saturated rings. The number of aromatic nitrogens is 2. The fourth-order valence-corrected chi connectivity index (χ4v) is 2.16. The zero-order chi connectivity index (χ0) is 14.9. The highest BCUT2D eigenvalue weighted by molar-refractivity contribution is 5.83. The van der Waals surface area contributed by atoms with Crippen LogP contribution in [0.2, 0.25) is 0 Å². The maximum absolute atomic E-state index is 11.9. The largest absolute Gasteiger partial charge is 0.399 e. The van der Waals surface area contributed by atoms with E-state index in [2.05, 4.69) is 10.3 Å². The van der Waals surface area contributed by atoms with E-state index in [4.69, 9.17) is 5.73 Å². The number of rotatable bonds is 4. The fraction of sp³-hybridized carbons (Fsp3) is 0.429. The van der Waals surface area contributed by atoms with Crippen LogP contribution >= 0.6 is 0 Å². The molecule has 2 aromatic rings. The monoisotopic (exact) mass is 276 g/mol. The predicted octanol–water partition coefficient (Wildman–Crippen LogP) is 1.20. The maximum atomic E-state index is 11.9. The van der Waals surface area contributed by atoms with Crippen LogP contribution in [0.25, 0.3) is 11.0 Å². The number of fused-ring (bicyclic) bond motifs is 1. The van der Waals surface area contributed by atoms with Crippen molar-refractivity contribution in [2.75, 3.05) is 5.73 Å². The van der Waals surface area contributed by atoms with Gasteiger partial charge >= 0.3 is 0 Å². The Labute approximate surface area is 117 Å². The molecule has 0 bridgehead atoms. The van der Waals surface area contributed by atoms with Crippen LogP contribution < -0.4 is 11.1 Å². The quantitative estimate of drug-likeness (QED) is 0.731. The first-order valence-corrected chi connectivity index (χ1v) is 6.61. The Kier molecular flexibility index (Phi) is 3.94. The van der Waals surface area contributed by atoms with Crippen molar-refractivity contribution in [3.05, 3.63) is 24.0 Å². The van der Waals surface area contributed by atoms with Gasteiger partial charge in [-0.2, -0.15) is 0 Å². The smallest absolute Gasteiger partial charge is 0.240 e. The molecule has 2 rings (SSSR count). The summed E-state index contributed by atoms with van der Waals surface area (Å²) in [4.78, 5) is 16.3. The molecule has 0 radical (unpaired) electrons. The molecule has 6 nitrogen and oxygen atoms in total. The lowest BCUT2D eigenvalue weighted by atomic mass is 10.3. The van der Waals surface area contributed by atoms with Gasteiger partial charge in [0.2, 0.25) is 5.91 Å². The van der Waals surface area contributed by atoms with Crippen molar-refractivity contribution >= 4 is 22.6 Å². The molecular weight excluding hydrogens is 256 g/mol. The van der Waals surface area contributed by atoms with Crippen molar-refractivity contribution in [1.82, 2.24) is 14.9 Å². The Morgan fingerprint density at radius 3 is 2.75 bits per heavy atom. The third-order valence-electron chi connectivity index (χ3n) is 2.93. The summed E-state index contributed by atoms with van der Waals surface area (Å²) in [6.45, 7) is 5.56. The average molecular weight is 276 g/mol. The van der Waals surface area contributed by atoms with Crippen molar-refractivity contribution in [3.8, 4) is 0 Å². The number of nitrogens with two attached hydrogens (primary N) is 1. The molecule has 1 heterocycles. The predicted molar refractivity (Wildman–Crippen MR) is 78.1 cm³/mol. The lowest BCUT2D eigenvalue weighted by Crippen LogP contribution is -2.33. The van der Waals surface area contributed by atoms with Gasteiger partial charge in [-0.3, -0.25) is 4.79 Å². The van der Waals surface area contributed by atoms with Crippen LogP contribution in [0.4, 0.5) is 5.69 Å². The first-order chi connectivity index (χ1) is 9.38. The standard InChI is InChI=1S/C14H20N4O2/c1-8(2)16-13(20)7-18-12-5-4-10(15)6-11(12)17-14(18)9(3)19/h4-6,8-9,19H,7,15H2,1-3H3,(H,16,20). The molecule has 0 aliphatic rings. The van der Waals surface area contributed by atoms with E-state index in [1.807, 2.05) is 19.9 Å². The van der Waals surface area contributed by atoms with Crippen LogP contribution in [0, 0.1) is 0 Å². The summed E-state index contributed by atoms with van der Waals surface area (Å²) in [5.74, 6) is 0.350. The van der Waals surface area contributed by atoms with E-state index in [9.17, 15) is 9.90 Å². The van der Waals surface area contributed by atoms with E-state index in [1.54, 1.807) is 23.6 Å². The molecule has 4 N–H and O–H groups in total. The fourth-order valence-electron chi connectivity index (χ4n) is 2.16. The summed E-state index contributed by atoms with van der Waals surface area (Å²) < 4.78 is 1.72. The number of aliphatic hydroxyl groups excluding tert-OH is 1. The molecule has 1 aromatic heterocycles. The molecule has 1 aromatic carbocycles. The first-order valence-electron chi connectivity index (χ1n) is 6.61. The highest BCUT2D eigenvalue weighted by atomic mass is 16.3. The van der Waals surface area contributed by atoms with Crippen LogP contribution in [0.5, 0.6) is 0 Å². The number of imidazole rings is 1. The van der Waals surface area contributed by atoms with E-state index in [0.29, 0.717) is 17.0 Å². The van der Waals surface area contributed by atoms with Gasteiger partial charge in [-0.15, -0.1) is 0 Å². The number of amides is 1. The molecule has 20 heavy (non-hydrogen) atoms. The normalized spacial score (nSPS) is 12.8. The maximum Gasteiger partial charge on any atom is 0.240 e. The Morgan fingerprint density at radius 2 is 2.15 bits per heavy atom. The SMILES string of the molecule is CC(C)NC(=O)Cn1c(C(C)O)nc2cc(N)ccc21. The van der Waals surface area contributed by atoms with Crippen LogP contribution in [-0.4, -0.2) is 26.6 Å². The minimum absolute atomic E-state index is 0.0722. The van der Waals surface area contributed by atoms with Crippen LogP contribution in [0.1, 0.15) is 32.7 Å². The number of anilines is 1. The van der Waals surface area contributed by atoms with Crippen LogP contribution in [-0.2, 0) is 11.3 Å². The van der Waals surface area contributed by atoms with Crippen molar-refractivity contribution in [3.63, 3.8) is 0 Å². The lowest BCUT2D eigenvalue weighted by molar-refractivity contribution is -0.122. The van der Waals surface area contributed by atoms with E-state index in [-0.39, 0.29) is 18.5 Å². The van der Waals surface area contributed by atoms with Gasteiger partial charge in [0.25, 0.3) is 0 Å². The molecule has 0 spiro atoms. The van der Waals surface area contributed by atoms with Gasteiger partial charge in [-0.05, 0) is 39.0 Å². The van der Waals surface area contributed by atoms with E-state index in [0.717, 1.165) is 5.52 Å². The number of carbonyl (C=O) groups is 1. The molecule has 6 heteroatoms. The van der Waals surface area contributed by atoms with Gasteiger partial charge in [0.1, 0.15) is 18.5 Å². The van der Waals surface area contributed by atoms with Crippen molar-refractivity contribution < 1.29 is 9.90 Å². The number of nitrogens with zero attached hydrogens (tertiary/aromatic N) is 2. The van der Waals surface area contributed by atoms with Gasteiger partial charge in [-0.25, -0.2) is 4.98 Å². The Morgan fingerprint density at radius 1 is 1.45 bits per heavy atom. The van der Waals surface area contributed by atoms with E-state index >= 15 is 0 Å². The Balaban J connectivity index is 2.43. The minimum Gasteiger partial charge on any atom is -0.399 e. The first kappa shape index (κ1) is 14.3. The average Bonchev–Trinajstić information content (AvgIpc) is 2.66. The molecule has 0 aliphatic heterocycles. The molecule has 1 amide bonds. The zero-order valence-electron chi connectivity index (χ0n) is 11.9. The summed E-state index contributed by atoms with van der Waals surface area (Å²) in [5, 5.41) is 12.7. The van der Waals surface area contributed by atoms with Crippen molar-refractivity contribution in [2.45, 2.75) is 39.5 Å². The summed E-state index contributed by atoms with van der Waals surface area (Å²) >= 11 is 0. The Hall–Kier alpha value is -2.08. The van der Waals surface area contributed by atoms with Gasteiger partial charge in [0, 0.05) is 11.7 Å². The number of hydrogen-bond acceptors (Lipinski definition) is 4. The summed E-state index contributed by atoms with van der Waals surface area (Å²) in [5.41, 5.74) is 7.80. The van der Waals surface area contributed by atoms with Gasteiger partial charge in [0.15, 0.2) is 0 Å². The van der Waals surface area contributed by atoms with Crippen LogP contribution in [0.15, 0.2) is 18.2 Å². The minimum atomic E-state index is -0.754. The van der Waals surface area contributed by atoms with Gasteiger partial charge in [-0.1, -0.05) is 0 Å². The van der Waals surface area contributed by atoms with E-state index in [1.165, 1.54) is 0 Å². The molecule has 1 unspecified atom stereocenters. The third-order valence-corrected chi connectivity index (χ3v) is 2.93. The number of carbonyl (C=O) groups excluding carboxylic acids is 1. The molecule has 1 atom stereocenters. The lowest BCUT2D eigenvalue weighted by Gasteiger charge is -2.13. The van der Waals surface area contributed by atoms with Crippen molar-refractivity contribution in [1.29, 1.82) is 0 Å². The van der Waals surface area contributed by atoms with Crippen molar-refractivity contribution in [2.24, 2.45) is 0 Å². The second-order valence-electron chi connectivity index (χ2n) is 5.20. The third kappa shape index (κ3) is 2.91. The number of nitrogen functional groups attached to an aromatic ring is 1. The summed E-state index contributed by atoms with van der Waals surface area (Å²) in [6.07, 6.45) is -0.754. The molecule has 108 valence electrons. The second kappa shape index (κ2) is 5.50. The number of nitrogens with one attached hydrogen (secondary N) is 1. The second-order valence-corrected chi connectivity index (χ2v) is 5.20. The molecule has 0 aliphatic carbocycles. The highest BCUT2D eigenvalue weighted by Gasteiger charge is 2.17. The van der Waals surface area contributed by atoms with E-state index < -0.39 is 6.10 Å². The summed E-state index contributed by atoms with van der Waals surface area (Å²) in [7, 11) is 0. The molecular formula is C14H20N4O2. The molecule has 0 saturated carbocycles.